The molecule has 0 aliphatic heterocycles. The monoisotopic (exact) mass is 340 g/mol. The first-order valence-electron chi connectivity index (χ1n) is 3.00. The maximum atomic E-state index is 1.50. The summed E-state index contributed by atoms with van der Waals surface area (Å²) < 4.78 is 0. The summed E-state index contributed by atoms with van der Waals surface area (Å²) in [5.74, 6) is 0. The minimum absolute atomic E-state index is 0. The Balaban J connectivity index is 0. The first-order valence-corrected chi connectivity index (χ1v) is 3.00. The molecule has 0 unspecified atom stereocenters. The molecule has 0 saturated heterocycles. The Morgan fingerprint density at radius 2 is 0.500 bits per heavy atom. The molecule has 1 saturated carbocycles. The van der Waals surface area contributed by atoms with Crippen LogP contribution in [0.25, 0.3) is 0 Å². The zero-order valence-corrected chi connectivity index (χ0v) is 9.72. The van der Waals surface area contributed by atoms with Gasteiger partial charge in [-0.3, -0.25) is 0 Å². The Bertz CT molecular complexity index is 22.0. The summed E-state index contributed by atoms with van der Waals surface area (Å²) in [4.78, 5) is 0. The van der Waals surface area contributed by atoms with Crippen molar-refractivity contribution < 1.29 is 0 Å². The lowest BCUT2D eigenvalue weighted by Crippen LogP contribution is -1.85. The van der Waals surface area contributed by atoms with Crippen LogP contribution in [0.15, 0.2) is 0 Å². The molecule has 52 valence electrons. The second kappa shape index (κ2) is 8.46. The zero-order chi connectivity index (χ0) is 4.24. The van der Waals surface area contributed by atoms with Gasteiger partial charge in [-0.15, -0.1) is 48.0 Å². The lowest BCUT2D eigenvalue weighted by Gasteiger charge is -2.05. The van der Waals surface area contributed by atoms with E-state index >= 15 is 0 Å². The predicted molar refractivity (Wildman–Crippen MR) is 58.5 cm³/mol. The van der Waals surface area contributed by atoms with E-state index in [0.29, 0.717) is 0 Å². The summed E-state index contributed by atoms with van der Waals surface area (Å²) in [5.41, 5.74) is 0. The van der Waals surface area contributed by atoms with Gasteiger partial charge in [0.2, 0.25) is 0 Å². The third-order valence-corrected chi connectivity index (χ3v) is 1.50. The van der Waals surface area contributed by atoms with E-state index in [-0.39, 0.29) is 48.0 Å². The minimum Gasteiger partial charge on any atom is -0.107 e. The van der Waals surface area contributed by atoms with Gasteiger partial charge in [0.25, 0.3) is 0 Å². The van der Waals surface area contributed by atoms with Crippen molar-refractivity contribution in [1.29, 1.82) is 0 Å². The van der Waals surface area contributed by atoms with Crippen molar-refractivity contribution in [2.45, 2.75) is 38.5 Å². The summed E-state index contributed by atoms with van der Waals surface area (Å²) in [6, 6.07) is 0. The van der Waals surface area contributed by atoms with E-state index in [2.05, 4.69) is 0 Å². The van der Waals surface area contributed by atoms with Crippen molar-refractivity contribution in [1.82, 2.24) is 0 Å². The van der Waals surface area contributed by atoms with Gasteiger partial charge in [-0.25, -0.2) is 0 Å². The topological polar surface area (TPSA) is 0 Å². The third-order valence-electron chi connectivity index (χ3n) is 1.50. The van der Waals surface area contributed by atoms with Gasteiger partial charge in [0.15, 0.2) is 0 Å². The van der Waals surface area contributed by atoms with E-state index in [1.165, 1.54) is 38.5 Å². The van der Waals surface area contributed by atoms with Crippen molar-refractivity contribution in [3.8, 4) is 0 Å². The first kappa shape index (κ1) is 12.2. The molecule has 0 nitrogen and oxygen atoms in total. The summed E-state index contributed by atoms with van der Waals surface area (Å²) in [6.45, 7) is 0. The number of halogens is 2. The summed E-state index contributed by atoms with van der Waals surface area (Å²) in [5, 5.41) is 0. The van der Waals surface area contributed by atoms with E-state index in [9.17, 15) is 0 Å². The quantitative estimate of drug-likeness (QED) is 0.592. The molecule has 0 bridgehead atoms. The Labute approximate surface area is 85.8 Å². The highest BCUT2D eigenvalue weighted by Crippen LogP contribution is 2.15. The van der Waals surface area contributed by atoms with Crippen LogP contribution in [0.1, 0.15) is 38.5 Å². The highest BCUT2D eigenvalue weighted by Gasteiger charge is 1.95. The van der Waals surface area contributed by atoms with Gasteiger partial charge >= 0.3 is 0 Å². The van der Waals surface area contributed by atoms with Crippen LogP contribution in [0.4, 0.5) is 0 Å². The van der Waals surface area contributed by atoms with E-state index in [1.54, 1.807) is 0 Å². The van der Waals surface area contributed by atoms with E-state index in [0.717, 1.165) is 0 Å². The van der Waals surface area contributed by atoms with Crippen molar-refractivity contribution in [3.05, 3.63) is 0 Å². The molecule has 0 heterocycles. The molecule has 1 aliphatic carbocycles. The molecule has 2 heteroatoms. The second-order valence-corrected chi connectivity index (χ2v) is 2.12. The minimum atomic E-state index is 0. The van der Waals surface area contributed by atoms with E-state index in [1.807, 2.05) is 0 Å². The molecule has 1 rings (SSSR count). The van der Waals surface area contributed by atoms with Crippen LogP contribution in [0.5, 0.6) is 0 Å². The maximum absolute atomic E-state index is 1.50. The van der Waals surface area contributed by atoms with Crippen LogP contribution < -0.4 is 0 Å². The predicted octanol–water partition coefficient (Wildman–Crippen LogP) is 3.58. The molecular formula is C6H14I2. The highest BCUT2D eigenvalue weighted by molar-refractivity contribution is 14.0. The van der Waals surface area contributed by atoms with Crippen molar-refractivity contribution in [2.24, 2.45) is 0 Å². The van der Waals surface area contributed by atoms with Gasteiger partial charge < -0.3 is 0 Å². The number of hydrogen-bond donors (Lipinski definition) is 0. The van der Waals surface area contributed by atoms with Crippen LogP contribution in [-0.4, -0.2) is 0 Å². The summed E-state index contributed by atoms with van der Waals surface area (Å²) in [7, 11) is 0. The zero-order valence-electron chi connectivity index (χ0n) is 5.06. The lowest BCUT2D eigenvalue weighted by atomic mass is 10.0. The van der Waals surface area contributed by atoms with Gasteiger partial charge in [0.05, 0.1) is 0 Å². The Hall–Kier alpha value is 1.46. The SMILES string of the molecule is C1CCCCC1.I.I. The van der Waals surface area contributed by atoms with Crippen molar-refractivity contribution >= 4 is 48.0 Å². The van der Waals surface area contributed by atoms with Crippen molar-refractivity contribution in [2.75, 3.05) is 0 Å². The highest BCUT2D eigenvalue weighted by atomic mass is 127. The summed E-state index contributed by atoms with van der Waals surface area (Å²) >= 11 is 0. The van der Waals surface area contributed by atoms with Gasteiger partial charge in [-0.05, 0) is 0 Å². The smallest absolute Gasteiger partial charge is 0.0533 e. The molecule has 0 atom stereocenters. The standard InChI is InChI=1S/C6H12.2HI/c1-2-4-6-5-3-1;;/h1-6H2;2*1H. The summed E-state index contributed by atoms with van der Waals surface area (Å²) in [6.07, 6.45) is 9.00. The molecule has 8 heavy (non-hydrogen) atoms. The fourth-order valence-electron chi connectivity index (χ4n) is 1.06. The average Bonchev–Trinajstić information content (AvgIpc) is 1.72. The van der Waals surface area contributed by atoms with Gasteiger partial charge in [0.1, 0.15) is 0 Å². The molecule has 0 N–H and O–H groups in total. The Morgan fingerprint density at radius 1 is 0.375 bits per heavy atom. The molecular weight excluding hydrogens is 326 g/mol. The van der Waals surface area contributed by atoms with Gasteiger partial charge in [-0.2, -0.15) is 0 Å². The fraction of sp³-hybridized carbons (Fsp3) is 1.00. The molecule has 1 aliphatic rings. The number of rotatable bonds is 0. The molecule has 0 radical (unpaired) electrons. The normalized spacial score (nSPS) is 18.0. The van der Waals surface area contributed by atoms with Gasteiger partial charge in [-0.1, -0.05) is 38.5 Å². The molecule has 0 aromatic carbocycles. The largest absolute Gasteiger partial charge is 0.107 e. The van der Waals surface area contributed by atoms with E-state index in [4.69, 9.17) is 0 Å². The molecule has 0 amide bonds. The average molecular weight is 340 g/mol. The maximum Gasteiger partial charge on any atom is -0.0533 e. The van der Waals surface area contributed by atoms with Crippen LogP contribution in [0.2, 0.25) is 0 Å². The fourth-order valence-corrected chi connectivity index (χ4v) is 1.06. The van der Waals surface area contributed by atoms with Crippen molar-refractivity contribution in [3.63, 3.8) is 0 Å². The number of hydrogen-bond acceptors (Lipinski definition) is 0. The Kier molecular flexibility index (Phi) is 12.9. The van der Waals surface area contributed by atoms with Crippen LogP contribution >= 0.6 is 48.0 Å². The Morgan fingerprint density at radius 3 is 0.625 bits per heavy atom. The molecule has 1 fully saturated rings. The molecule has 0 spiro atoms. The van der Waals surface area contributed by atoms with Gasteiger partial charge in [0, 0.05) is 0 Å². The van der Waals surface area contributed by atoms with Crippen LogP contribution in [0.3, 0.4) is 0 Å². The first-order chi connectivity index (χ1) is 3.00. The third kappa shape index (κ3) is 5.59. The van der Waals surface area contributed by atoms with E-state index < -0.39 is 0 Å². The van der Waals surface area contributed by atoms with Crippen LogP contribution in [0, 0.1) is 0 Å². The van der Waals surface area contributed by atoms with Crippen LogP contribution in [-0.2, 0) is 0 Å². The second-order valence-electron chi connectivity index (χ2n) is 2.12. The molecule has 0 aromatic heterocycles. The molecule has 0 aromatic rings. The lowest BCUT2D eigenvalue weighted by molar-refractivity contribution is 0.504.